The maximum atomic E-state index is 13.7. The molecule has 18 heavy (non-hydrogen) atoms. The van der Waals surface area contributed by atoms with E-state index in [-0.39, 0.29) is 5.82 Å². The summed E-state index contributed by atoms with van der Waals surface area (Å²) in [5.74, 6) is 0.350. The molecule has 1 aromatic carbocycles. The van der Waals surface area contributed by atoms with E-state index in [9.17, 15) is 4.39 Å². The molecule has 1 aliphatic rings. The van der Waals surface area contributed by atoms with Gasteiger partial charge in [-0.05, 0) is 30.7 Å². The van der Waals surface area contributed by atoms with E-state index in [1.165, 1.54) is 6.07 Å². The minimum Gasteiger partial charge on any atom is -0.336 e. The first-order valence-corrected chi connectivity index (χ1v) is 5.76. The minimum absolute atomic E-state index is 0.285. The molecule has 0 spiro atoms. The topological polar surface area (TPSA) is 37.3 Å². The van der Waals surface area contributed by atoms with Gasteiger partial charge in [-0.2, -0.15) is 0 Å². The molecule has 0 saturated carbocycles. The molecular weight excluding hydrogens is 229 g/mol. The smallest absolute Gasteiger partial charge is 0.152 e. The predicted molar refractivity (Wildman–Crippen MR) is 69.2 cm³/mol. The van der Waals surface area contributed by atoms with Crippen molar-refractivity contribution in [3.8, 4) is 0 Å². The maximum absolute atomic E-state index is 13.7. The SMILES string of the molecule is Cc1ccc(F)c(NC2=NCc3cccnc32)c1. The molecule has 0 atom stereocenters. The molecule has 90 valence electrons. The molecule has 2 heterocycles. The van der Waals surface area contributed by atoms with Crippen molar-refractivity contribution in [2.45, 2.75) is 13.5 Å². The number of halogens is 1. The first-order chi connectivity index (χ1) is 8.74. The van der Waals surface area contributed by atoms with E-state index in [2.05, 4.69) is 15.3 Å². The Balaban J connectivity index is 1.93. The Morgan fingerprint density at radius 2 is 2.17 bits per heavy atom. The number of fused-ring (bicyclic) bond motifs is 1. The normalized spacial score (nSPS) is 13.1. The molecule has 0 amide bonds. The molecule has 3 nitrogen and oxygen atoms in total. The van der Waals surface area contributed by atoms with Crippen molar-refractivity contribution in [1.82, 2.24) is 4.98 Å². The van der Waals surface area contributed by atoms with Gasteiger partial charge in [0.2, 0.25) is 0 Å². The number of hydrogen-bond acceptors (Lipinski definition) is 3. The number of hydrogen-bond donors (Lipinski definition) is 1. The van der Waals surface area contributed by atoms with E-state index in [1.807, 2.05) is 19.1 Å². The second kappa shape index (κ2) is 4.22. The van der Waals surface area contributed by atoms with Gasteiger partial charge in [-0.3, -0.25) is 9.98 Å². The van der Waals surface area contributed by atoms with Gasteiger partial charge in [0, 0.05) is 11.8 Å². The zero-order chi connectivity index (χ0) is 12.5. The lowest BCUT2D eigenvalue weighted by Gasteiger charge is -2.08. The van der Waals surface area contributed by atoms with Crippen LogP contribution in [-0.2, 0) is 6.54 Å². The molecule has 1 aliphatic heterocycles. The molecule has 0 unspecified atom stereocenters. The summed E-state index contributed by atoms with van der Waals surface area (Å²) in [4.78, 5) is 8.62. The molecule has 1 N–H and O–H groups in total. The van der Waals surface area contributed by atoms with Crippen molar-refractivity contribution in [2.24, 2.45) is 4.99 Å². The number of aryl methyl sites for hydroxylation is 1. The Morgan fingerprint density at radius 3 is 3.06 bits per heavy atom. The molecule has 0 aliphatic carbocycles. The predicted octanol–water partition coefficient (Wildman–Crippen LogP) is 2.90. The van der Waals surface area contributed by atoms with E-state index >= 15 is 0 Å². The summed E-state index contributed by atoms with van der Waals surface area (Å²) in [6, 6.07) is 8.81. The van der Waals surface area contributed by atoms with Crippen molar-refractivity contribution in [2.75, 3.05) is 5.32 Å². The van der Waals surface area contributed by atoms with Crippen LogP contribution >= 0.6 is 0 Å². The molecule has 0 bridgehead atoms. The van der Waals surface area contributed by atoms with Crippen LogP contribution < -0.4 is 5.32 Å². The fourth-order valence-electron chi connectivity index (χ4n) is 1.98. The summed E-state index contributed by atoms with van der Waals surface area (Å²) in [7, 11) is 0. The molecule has 2 aromatic rings. The van der Waals surface area contributed by atoms with Crippen LogP contribution in [0.25, 0.3) is 0 Å². The Bertz CT molecular complexity index is 635. The minimum atomic E-state index is -0.285. The summed E-state index contributed by atoms with van der Waals surface area (Å²) in [5.41, 5.74) is 3.30. The third-order valence-electron chi connectivity index (χ3n) is 2.90. The molecule has 0 saturated heterocycles. The Morgan fingerprint density at radius 1 is 1.28 bits per heavy atom. The van der Waals surface area contributed by atoms with Crippen molar-refractivity contribution >= 4 is 11.5 Å². The summed E-state index contributed by atoms with van der Waals surface area (Å²) in [6.45, 7) is 2.52. The highest BCUT2D eigenvalue weighted by atomic mass is 19.1. The second-order valence-corrected chi connectivity index (χ2v) is 4.28. The number of aliphatic imine (C=N–C) groups is 1. The highest BCUT2D eigenvalue weighted by Gasteiger charge is 2.17. The van der Waals surface area contributed by atoms with Gasteiger partial charge in [0.15, 0.2) is 5.84 Å². The number of amidine groups is 1. The fourth-order valence-corrected chi connectivity index (χ4v) is 1.98. The number of rotatable bonds is 1. The number of aromatic nitrogens is 1. The van der Waals surface area contributed by atoms with Crippen LogP contribution in [0.2, 0.25) is 0 Å². The third kappa shape index (κ3) is 1.86. The Hall–Kier alpha value is -2.23. The molecule has 1 aromatic heterocycles. The Labute approximate surface area is 104 Å². The highest BCUT2D eigenvalue weighted by molar-refractivity contribution is 6.09. The van der Waals surface area contributed by atoms with Crippen molar-refractivity contribution in [3.63, 3.8) is 0 Å². The number of benzene rings is 1. The average molecular weight is 241 g/mol. The maximum Gasteiger partial charge on any atom is 0.152 e. The Kier molecular flexibility index (Phi) is 2.55. The lowest BCUT2D eigenvalue weighted by atomic mass is 10.2. The molecule has 0 radical (unpaired) electrons. The van der Waals surface area contributed by atoms with Gasteiger partial charge in [-0.1, -0.05) is 12.1 Å². The number of anilines is 1. The zero-order valence-electron chi connectivity index (χ0n) is 9.94. The lowest BCUT2D eigenvalue weighted by Crippen LogP contribution is -2.14. The van der Waals surface area contributed by atoms with Gasteiger partial charge < -0.3 is 5.32 Å². The van der Waals surface area contributed by atoms with E-state index in [1.54, 1.807) is 18.3 Å². The number of nitrogens with one attached hydrogen (secondary N) is 1. The zero-order valence-corrected chi connectivity index (χ0v) is 9.94. The summed E-state index contributed by atoms with van der Waals surface area (Å²) >= 11 is 0. The largest absolute Gasteiger partial charge is 0.336 e. The third-order valence-corrected chi connectivity index (χ3v) is 2.90. The van der Waals surface area contributed by atoms with Gasteiger partial charge in [0.1, 0.15) is 11.5 Å². The molecule has 3 rings (SSSR count). The highest BCUT2D eigenvalue weighted by Crippen LogP contribution is 2.20. The van der Waals surface area contributed by atoms with Crippen molar-refractivity contribution in [1.29, 1.82) is 0 Å². The summed E-state index contributed by atoms with van der Waals surface area (Å²) < 4.78 is 13.7. The monoisotopic (exact) mass is 241 g/mol. The quantitative estimate of drug-likeness (QED) is 0.833. The van der Waals surface area contributed by atoms with Gasteiger partial charge in [-0.25, -0.2) is 4.39 Å². The van der Waals surface area contributed by atoms with Crippen LogP contribution in [0.3, 0.4) is 0 Å². The number of pyridine rings is 1. The van der Waals surface area contributed by atoms with Gasteiger partial charge in [0.05, 0.1) is 12.2 Å². The average Bonchev–Trinajstić information content (AvgIpc) is 2.78. The van der Waals surface area contributed by atoms with Crippen LogP contribution in [0.15, 0.2) is 41.5 Å². The van der Waals surface area contributed by atoms with Crippen molar-refractivity contribution < 1.29 is 4.39 Å². The first kappa shape index (κ1) is 10.9. The van der Waals surface area contributed by atoms with Crippen LogP contribution in [0.1, 0.15) is 16.8 Å². The van der Waals surface area contributed by atoms with Crippen molar-refractivity contribution in [3.05, 3.63) is 59.2 Å². The van der Waals surface area contributed by atoms with E-state index in [0.717, 1.165) is 16.8 Å². The van der Waals surface area contributed by atoms with E-state index in [0.29, 0.717) is 18.1 Å². The number of nitrogens with zero attached hydrogens (tertiary/aromatic N) is 2. The van der Waals surface area contributed by atoms with Gasteiger partial charge in [0.25, 0.3) is 0 Å². The summed E-state index contributed by atoms with van der Waals surface area (Å²) in [5, 5.41) is 3.02. The first-order valence-electron chi connectivity index (χ1n) is 5.76. The second-order valence-electron chi connectivity index (χ2n) is 4.28. The van der Waals surface area contributed by atoms with Gasteiger partial charge >= 0.3 is 0 Å². The molecule has 0 fully saturated rings. The van der Waals surface area contributed by atoms with Gasteiger partial charge in [-0.15, -0.1) is 0 Å². The van der Waals surface area contributed by atoms with E-state index < -0.39 is 0 Å². The summed E-state index contributed by atoms with van der Waals surface area (Å²) in [6.07, 6.45) is 1.72. The fraction of sp³-hybridized carbons (Fsp3) is 0.143. The van der Waals surface area contributed by atoms with Crippen LogP contribution in [0, 0.1) is 12.7 Å². The van der Waals surface area contributed by atoms with Crippen LogP contribution in [0.5, 0.6) is 0 Å². The molecular formula is C14H12FN3. The van der Waals surface area contributed by atoms with Crippen LogP contribution in [0.4, 0.5) is 10.1 Å². The standard InChI is InChI=1S/C14H12FN3/c1-9-4-5-11(15)12(7-9)18-14-13-10(8-17-14)3-2-6-16-13/h2-7H,8H2,1H3,(H,17,18). The van der Waals surface area contributed by atoms with Crippen LogP contribution in [-0.4, -0.2) is 10.8 Å². The molecule has 4 heteroatoms. The van der Waals surface area contributed by atoms with E-state index in [4.69, 9.17) is 0 Å². The lowest BCUT2D eigenvalue weighted by molar-refractivity contribution is 0.632.